The van der Waals surface area contributed by atoms with Gasteiger partial charge in [-0.15, -0.1) is 0 Å². The van der Waals surface area contributed by atoms with Gasteiger partial charge in [0.2, 0.25) is 12.6 Å². The number of nitrogens with zero attached hydrogens (tertiary/aromatic N) is 2. The molecule has 2 aliphatic heterocycles. The van der Waals surface area contributed by atoms with Crippen LogP contribution in [0.1, 0.15) is 11.1 Å². The standard InChI is InChI=1S/C26H32N2O12/c29-11-17-19(31)21(33)23(35)25(39-17)37-15-7-3-1-5-13(15)9-27-28-10-14-6-2-4-8-16(14)38-26-24(36)22(34)20(32)18(12-30)40-26/h1-10,17-26,29-36H,11-12H2/t17-,18+,19+,20-,21+,22-,23-,24+,25+,26-. The molecule has 0 amide bonds. The molecule has 8 N–H and O–H groups in total. The topological polar surface area (TPSA) is 223 Å². The minimum atomic E-state index is -1.59. The molecule has 2 aromatic carbocycles. The van der Waals surface area contributed by atoms with E-state index in [0.29, 0.717) is 11.1 Å². The molecule has 14 nitrogen and oxygen atoms in total. The molecule has 2 fully saturated rings. The highest BCUT2D eigenvalue weighted by Gasteiger charge is 2.46. The van der Waals surface area contributed by atoms with Gasteiger partial charge in [-0.2, -0.15) is 10.2 Å². The Morgan fingerprint density at radius 3 is 1.32 bits per heavy atom. The number of ether oxygens (including phenoxy) is 4. The van der Waals surface area contributed by atoms with E-state index in [2.05, 4.69) is 10.2 Å². The monoisotopic (exact) mass is 564 g/mol. The van der Waals surface area contributed by atoms with Crippen LogP contribution >= 0.6 is 0 Å². The Balaban J connectivity index is 1.45. The van der Waals surface area contributed by atoms with E-state index in [-0.39, 0.29) is 11.5 Å². The molecular weight excluding hydrogens is 532 g/mol. The zero-order valence-corrected chi connectivity index (χ0v) is 21.1. The highest BCUT2D eigenvalue weighted by Crippen LogP contribution is 2.27. The Morgan fingerprint density at radius 2 is 0.950 bits per heavy atom. The maximum atomic E-state index is 10.3. The molecule has 14 heteroatoms. The summed E-state index contributed by atoms with van der Waals surface area (Å²) in [5.41, 5.74) is 0.866. The van der Waals surface area contributed by atoms with Gasteiger partial charge in [-0.05, 0) is 24.3 Å². The molecule has 0 saturated carbocycles. The van der Waals surface area contributed by atoms with E-state index >= 15 is 0 Å². The summed E-state index contributed by atoms with van der Waals surface area (Å²) in [4.78, 5) is 0. The van der Waals surface area contributed by atoms with Crippen molar-refractivity contribution >= 4 is 12.4 Å². The van der Waals surface area contributed by atoms with Gasteiger partial charge in [0, 0.05) is 11.1 Å². The van der Waals surface area contributed by atoms with E-state index in [1.807, 2.05) is 0 Å². The number of aliphatic hydroxyl groups is 8. The Bertz CT molecular complexity index is 1070. The third-order valence-corrected chi connectivity index (χ3v) is 6.48. The summed E-state index contributed by atoms with van der Waals surface area (Å²) in [6.07, 6.45) is -11.7. The predicted octanol–water partition coefficient (Wildman–Crippen LogP) is -2.50. The summed E-state index contributed by atoms with van der Waals surface area (Å²) < 4.78 is 22.2. The van der Waals surface area contributed by atoms with Crippen LogP contribution in [0.5, 0.6) is 11.5 Å². The number of hydrogen-bond acceptors (Lipinski definition) is 14. The van der Waals surface area contributed by atoms with Crippen molar-refractivity contribution in [3.8, 4) is 11.5 Å². The molecule has 2 saturated heterocycles. The lowest BCUT2D eigenvalue weighted by atomic mass is 9.99. The fraction of sp³-hybridized carbons (Fsp3) is 0.462. The molecule has 2 heterocycles. The summed E-state index contributed by atoms with van der Waals surface area (Å²) in [6, 6.07) is 13.2. The van der Waals surface area contributed by atoms with E-state index < -0.39 is 74.6 Å². The molecule has 0 aliphatic carbocycles. The molecule has 40 heavy (non-hydrogen) atoms. The third-order valence-electron chi connectivity index (χ3n) is 6.48. The molecule has 0 radical (unpaired) electrons. The van der Waals surface area contributed by atoms with Gasteiger partial charge in [-0.25, -0.2) is 0 Å². The van der Waals surface area contributed by atoms with E-state index in [1.54, 1.807) is 48.5 Å². The summed E-state index contributed by atoms with van der Waals surface area (Å²) >= 11 is 0. The van der Waals surface area contributed by atoms with Crippen molar-refractivity contribution in [3.63, 3.8) is 0 Å². The normalized spacial score (nSPS) is 34.8. The van der Waals surface area contributed by atoms with Crippen molar-refractivity contribution in [2.45, 2.75) is 61.4 Å². The van der Waals surface area contributed by atoms with Crippen molar-refractivity contribution in [2.75, 3.05) is 13.2 Å². The van der Waals surface area contributed by atoms with Crippen LogP contribution in [0.4, 0.5) is 0 Å². The van der Waals surface area contributed by atoms with Crippen molar-refractivity contribution in [1.82, 2.24) is 0 Å². The summed E-state index contributed by atoms with van der Waals surface area (Å²) in [5.74, 6) is 0.439. The minimum absolute atomic E-state index is 0.220. The first kappa shape index (κ1) is 30.0. The lowest BCUT2D eigenvalue weighted by Crippen LogP contribution is -2.60. The highest BCUT2D eigenvalue weighted by molar-refractivity contribution is 5.86. The smallest absolute Gasteiger partial charge is 0.229 e. The summed E-state index contributed by atoms with van der Waals surface area (Å²) in [6.45, 7) is -1.19. The maximum Gasteiger partial charge on any atom is 0.229 e. The Kier molecular flexibility index (Phi) is 10.2. The van der Waals surface area contributed by atoms with Gasteiger partial charge in [0.1, 0.15) is 60.3 Å². The van der Waals surface area contributed by atoms with Crippen molar-refractivity contribution in [1.29, 1.82) is 0 Å². The van der Waals surface area contributed by atoms with Gasteiger partial charge < -0.3 is 59.8 Å². The predicted molar refractivity (Wildman–Crippen MR) is 137 cm³/mol. The number of benzene rings is 2. The largest absolute Gasteiger partial charge is 0.461 e. The second kappa shape index (κ2) is 13.6. The van der Waals surface area contributed by atoms with Gasteiger partial charge in [0.05, 0.1) is 25.6 Å². The van der Waals surface area contributed by atoms with Crippen LogP contribution in [-0.4, -0.2) is 128 Å². The van der Waals surface area contributed by atoms with Crippen LogP contribution in [-0.2, 0) is 9.47 Å². The fourth-order valence-electron chi connectivity index (χ4n) is 4.16. The molecule has 0 unspecified atom stereocenters. The Hall–Kier alpha value is -3.02. The molecule has 2 aliphatic rings. The molecule has 0 bridgehead atoms. The van der Waals surface area contributed by atoms with Gasteiger partial charge in [0.25, 0.3) is 0 Å². The quantitative estimate of drug-likeness (QED) is 0.117. The van der Waals surface area contributed by atoms with Crippen LogP contribution in [0.3, 0.4) is 0 Å². The fourth-order valence-corrected chi connectivity index (χ4v) is 4.16. The second-order valence-corrected chi connectivity index (χ2v) is 9.20. The van der Waals surface area contributed by atoms with Crippen molar-refractivity contribution in [2.24, 2.45) is 10.2 Å². The lowest BCUT2D eigenvalue weighted by Gasteiger charge is -2.39. The third kappa shape index (κ3) is 6.64. The number of aliphatic hydroxyl groups excluding tert-OH is 8. The van der Waals surface area contributed by atoms with Gasteiger partial charge in [0.15, 0.2) is 0 Å². The Labute approximate surface area is 228 Å². The molecule has 218 valence electrons. The first-order chi connectivity index (χ1) is 19.2. The lowest BCUT2D eigenvalue weighted by molar-refractivity contribution is -0.277. The molecule has 4 rings (SSSR count). The molecule has 0 aromatic heterocycles. The van der Waals surface area contributed by atoms with E-state index in [1.165, 1.54) is 12.4 Å². The van der Waals surface area contributed by atoms with E-state index in [0.717, 1.165) is 0 Å². The van der Waals surface area contributed by atoms with Crippen LogP contribution in [0.25, 0.3) is 0 Å². The van der Waals surface area contributed by atoms with Crippen LogP contribution in [0, 0.1) is 0 Å². The Morgan fingerprint density at radius 1 is 0.575 bits per heavy atom. The van der Waals surface area contributed by atoms with E-state index in [4.69, 9.17) is 18.9 Å². The molecule has 2 aromatic rings. The number of rotatable bonds is 9. The zero-order valence-electron chi connectivity index (χ0n) is 21.1. The van der Waals surface area contributed by atoms with Crippen LogP contribution in [0.2, 0.25) is 0 Å². The summed E-state index contributed by atoms with van der Waals surface area (Å²) in [5, 5.41) is 87.2. The van der Waals surface area contributed by atoms with Gasteiger partial charge in [-0.3, -0.25) is 0 Å². The molecular formula is C26H32N2O12. The number of hydrogen-bond donors (Lipinski definition) is 8. The first-order valence-corrected chi connectivity index (χ1v) is 12.4. The van der Waals surface area contributed by atoms with Crippen molar-refractivity contribution < 1.29 is 59.8 Å². The number of para-hydroxylation sites is 2. The maximum absolute atomic E-state index is 10.3. The van der Waals surface area contributed by atoms with Crippen LogP contribution in [0.15, 0.2) is 58.7 Å². The summed E-state index contributed by atoms with van der Waals surface area (Å²) in [7, 11) is 0. The first-order valence-electron chi connectivity index (χ1n) is 12.4. The molecule has 0 spiro atoms. The van der Waals surface area contributed by atoms with Gasteiger partial charge in [-0.1, -0.05) is 24.3 Å². The van der Waals surface area contributed by atoms with E-state index in [9.17, 15) is 40.9 Å². The van der Waals surface area contributed by atoms with Crippen molar-refractivity contribution in [3.05, 3.63) is 59.7 Å². The minimum Gasteiger partial charge on any atom is -0.461 e. The van der Waals surface area contributed by atoms with Gasteiger partial charge >= 0.3 is 0 Å². The zero-order chi connectivity index (χ0) is 28.8. The van der Waals surface area contributed by atoms with Crippen LogP contribution < -0.4 is 9.47 Å². The SMILES string of the molecule is OC[C@@H]1O[C@@H](Oc2ccccc2C=NN=Cc2ccccc2O[C@H]2O[C@H](CO)[C@H](O)[C@H](O)[C@H]2O)[C@@H](O)[C@H](O)[C@@H]1O. The highest BCUT2D eigenvalue weighted by atomic mass is 16.7. The average molecular weight is 565 g/mol. The molecule has 10 atom stereocenters. The second-order valence-electron chi connectivity index (χ2n) is 9.20. The average Bonchev–Trinajstić information content (AvgIpc) is 2.97.